The average molecular weight is 503 g/mol. The highest BCUT2D eigenvalue weighted by atomic mass is 19.1. The number of pyridine rings is 1. The first-order chi connectivity index (χ1) is 17.9. The van der Waals surface area contributed by atoms with Gasteiger partial charge in [0.05, 0.1) is 11.9 Å². The monoisotopic (exact) mass is 502 g/mol. The van der Waals surface area contributed by atoms with Gasteiger partial charge in [-0.2, -0.15) is 0 Å². The van der Waals surface area contributed by atoms with Gasteiger partial charge in [0.2, 0.25) is 11.8 Å². The maximum absolute atomic E-state index is 13.4. The number of benzene rings is 2. The van der Waals surface area contributed by atoms with E-state index < -0.39 is 5.91 Å². The highest BCUT2D eigenvalue weighted by molar-refractivity contribution is 5.96. The van der Waals surface area contributed by atoms with Crippen molar-refractivity contribution < 1.29 is 23.5 Å². The first-order valence-electron chi connectivity index (χ1n) is 12.1. The highest BCUT2D eigenvalue weighted by Crippen LogP contribution is 2.36. The molecule has 2 atom stereocenters. The molecular weight excluding hydrogens is 475 g/mol. The van der Waals surface area contributed by atoms with Gasteiger partial charge in [0.1, 0.15) is 28.6 Å². The van der Waals surface area contributed by atoms with Crippen molar-refractivity contribution in [2.75, 3.05) is 31.1 Å². The molecular formula is C28H27FN4O4. The van der Waals surface area contributed by atoms with Crippen molar-refractivity contribution in [2.45, 2.75) is 6.92 Å². The van der Waals surface area contributed by atoms with Crippen LogP contribution in [0.2, 0.25) is 0 Å². The molecule has 2 unspecified atom stereocenters. The van der Waals surface area contributed by atoms with Crippen LogP contribution in [0.25, 0.3) is 0 Å². The summed E-state index contributed by atoms with van der Waals surface area (Å²) >= 11 is 0. The molecule has 190 valence electrons. The van der Waals surface area contributed by atoms with Gasteiger partial charge in [-0.05, 0) is 55.5 Å². The largest absolute Gasteiger partial charge is 0.457 e. The summed E-state index contributed by atoms with van der Waals surface area (Å²) in [4.78, 5) is 32.9. The number of nitrogens with two attached hydrogens (primary N) is 1. The van der Waals surface area contributed by atoms with Crippen LogP contribution in [0.5, 0.6) is 23.1 Å². The van der Waals surface area contributed by atoms with Gasteiger partial charge in [0.15, 0.2) is 0 Å². The lowest BCUT2D eigenvalue weighted by Crippen LogP contribution is -2.32. The van der Waals surface area contributed by atoms with Crippen LogP contribution >= 0.6 is 0 Å². The molecule has 0 aliphatic carbocycles. The fourth-order valence-corrected chi connectivity index (χ4v) is 4.86. The van der Waals surface area contributed by atoms with Crippen molar-refractivity contribution >= 4 is 17.5 Å². The van der Waals surface area contributed by atoms with Gasteiger partial charge >= 0.3 is 0 Å². The average Bonchev–Trinajstić information content (AvgIpc) is 3.45. The lowest BCUT2D eigenvalue weighted by atomic mass is 10.0. The van der Waals surface area contributed by atoms with Gasteiger partial charge in [-0.15, -0.1) is 0 Å². The molecule has 9 heteroatoms. The van der Waals surface area contributed by atoms with Gasteiger partial charge in [0.25, 0.3) is 5.91 Å². The second-order valence-electron chi connectivity index (χ2n) is 9.21. The van der Waals surface area contributed by atoms with Gasteiger partial charge in [-0.25, -0.2) is 9.37 Å². The van der Waals surface area contributed by atoms with Crippen LogP contribution in [-0.4, -0.2) is 47.9 Å². The summed E-state index contributed by atoms with van der Waals surface area (Å²) in [6.07, 6.45) is 5.04. The number of ether oxygens (including phenoxy) is 2. The van der Waals surface area contributed by atoms with E-state index in [0.717, 1.165) is 31.9 Å². The maximum atomic E-state index is 13.4. The molecule has 37 heavy (non-hydrogen) atoms. The molecule has 3 aromatic rings. The Morgan fingerprint density at radius 3 is 2.27 bits per heavy atom. The molecule has 2 aromatic carbocycles. The number of carbonyl (C=O) groups is 2. The molecule has 2 fully saturated rings. The second-order valence-corrected chi connectivity index (χ2v) is 9.21. The van der Waals surface area contributed by atoms with Crippen molar-refractivity contribution in [3.8, 4) is 23.1 Å². The molecule has 2 amide bonds. The summed E-state index contributed by atoms with van der Waals surface area (Å²) in [6.45, 7) is 4.83. The third-order valence-electron chi connectivity index (χ3n) is 6.64. The van der Waals surface area contributed by atoms with Crippen LogP contribution in [0.4, 0.5) is 10.1 Å². The Morgan fingerprint density at radius 1 is 0.973 bits per heavy atom. The Morgan fingerprint density at radius 2 is 1.65 bits per heavy atom. The Bertz CT molecular complexity index is 1330. The van der Waals surface area contributed by atoms with Crippen molar-refractivity contribution in [1.29, 1.82) is 0 Å². The maximum Gasteiger partial charge on any atom is 0.254 e. The number of hydrogen-bond donors (Lipinski definition) is 1. The molecule has 3 heterocycles. The number of nitrogens with zero attached hydrogens (tertiary/aromatic N) is 3. The zero-order valence-corrected chi connectivity index (χ0v) is 20.3. The van der Waals surface area contributed by atoms with E-state index in [9.17, 15) is 14.0 Å². The van der Waals surface area contributed by atoms with E-state index in [2.05, 4.69) is 9.88 Å². The van der Waals surface area contributed by atoms with Crippen LogP contribution in [0.15, 0.2) is 72.9 Å². The van der Waals surface area contributed by atoms with E-state index in [0.29, 0.717) is 29.1 Å². The van der Waals surface area contributed by atoms with Crippen LogP contribution in [-0.2, 0) is 4.79 Å². The van der Waals surface area contributed by atoms with Crippen molar-refractivity contribution in [1.82, 2.24) is 9.88 Å². The molecule has 5 rings (SSSR count). The van der Waals surface area contributed by atoms with Crippen molar-refractivity contribution in [3.05, 3.63) is 84.3 Å². The van der Waals surface area contributed by atoms with Gasteiger partial charge in [0, 0.05) is 44.1 Å². The smallest absolute Gasteiger partial charge is 0.254 e. The minimum Gasteiger partial charge on any atom is -0.457 e. The zero-order chi connectivity index (χ0) is 25.9. The summed E-state index contributed by atoms with van der Waals surface area (Å²) < 4.78 is 24.9. The molecule has 1 aromatic heterocycles. The fourth-order valence-electron chi connectivity index (χ4n) is 4.86. The van der Waals surface area contributed by atoms with Crippen LogP contribution < -0.4 is 20.1 Å². The number of fused-ring (bicyclic) bond motifs is 1. The van der Waals surface area contributed by atoms with Gasteiger partial charge in [-0.3, -0.25) is 9.59 Å². The van der Waals surface area contributed by atoms with E-state index >= 15 is 0 Å². The minimum atomic E-state index is -0.641. The van der Waals surface area contributed by atoms with Crippen LogP contribution in [0.3, 0.4) is 0 Å². The molecule has 2 aliphatic rings. The van der Waals surface area contributed by atoms with E-state index in [1.165, 1.54) is 12.1 Å². The second kappa shape index (κ2) is 10.3. The van der Waals surface area contributed by atoms with Crippen molar-refractivity contribution in [2.24, 2.45) is 17.6 Å². The summed E-state index contributed by atoms with van der Waals surface area (Å²) in [5.41, 5.74) is 6.62. The van der Waals surface area contributed by atoms with Gasteiger partial charge < -0.3 is 25.0 Å². The number of halogens is 1. The van der Waals surface area contributed by atoms with Gasteiger partial charge in [-0.1, -0.05) is 12.1 Å². The first kappa shape index (κ1) is 24.3. The van der Waals surface area contributed by atoms with Crippen LogP contribution in [0, 0.1) is 17.7 Å². The summed E-state index contributed by atoms with van der Waals surface area (Å²) in [5.74, 6) is 1.20. The number of primary amides is 1. The molecule has 2 N–H and O–H groups in total. The molecule has 0 radical (unpaired) electrons. The Balaban J connectivity index is 1.25. The van der Waals surface area contributed by atoms with Crippen molar-refractivity contribution in [3.63, 3.8) is 0 Å². The number of rotatable bonds is 7. The Labute approximate surface area is 214 Å². The predicted octanol–water partition coefficient (Wildman–Crippen LogP) is 4.37. The highest BCUT2D eigenvalue weighted by Gasteiger charge is 2.41. The SMILES string of the molecule is C/C=C/C(=O)N1CC2CN(c3cnc(Oc4ccc(Oc5cccc(F)c5)cc4)c(C(N)=O)c3)CC2C1. The number of hydrogen-bond acceptors (Lipinski definition) is 6. The van der Waals surface area contributed by atoms with E-state index in [-0.39, 0.29) is 23.2 Å². The predicted molar refractivity (Wildman–Crippen MR) is 136 cm³/mol. The molecule has 2 saturated heterocycles. The summed E-state index contributed by atoms with van der Waals surface area (Å²) in [6, 6.07) is 14.2. The van der Waals surface area contributed by atoms with E-state index in [1.807, 2.05) is 11.8 Å². The third kappa shape index (κ3) is 5.40. The van der Waals surface area contributed by atoms with E-state index in [4.69, 9.17) is 15.2 Å². The molecule has 2 aliphatic heterocycles. The lowest BCUT2D eigenvalue weighted by molar-refractivity contribution is -0.125. The van der Waals surface area contributed by atoms with E-state index in [1.54, 1.807) is 60.8 Å². The lowest BCUT2D eigenvalue weighted by Gasteiger charge is -2.23. The zero-order valence-electron chi connectivity index (χ0n) is 20.3. The normalized spacial score (nSPS) is 18.8. The topological polar surface area (TPSA) is 98.0 Å². The number of carbonyl (C=O) groups excluding carboxylic acids is 2. The number of amides is 2. The fraction of sp³-hybridized carbons (Fsp3) is 0.250. The molecule has 0 saturated carbocycles. The number of aromatic nitrogens is 1. The van der Waals surface area contributed by atoms with Crippen LogP contribution in [0.1, 0.15) is 17.3 Å². The summed E-state index contributed by atoms with van der Waals surface area (Å²) in [5, 5.41) is 0. The molecule has 0 bridgehead atoms. The number of likely N-dealkylation sites (tertiary alicyclic amines) is 1. The number of allylic oxidation sites excluding steroid dienone is 1. The quantitative estimate of drug-likeness (QED) is 0.482. The minimum absolute atomic E-state index is 0.0520. The Kier molecular flexibility index (Phi) is 6.76. The standard InChI is InChI=1S/C28H27FN4O4/c1-2-4-26(34)33-16-18-14-32(15-19(18)17-33)21-12-25(27(30)35)28(31-13-21)37-23-9-7-22(8-10-23)36-24-6-3-5-20(29)11-24/h2-13,18-19H,14-17H2,1H3,(H2,30,35)/b4-2+. The molecule has 8 nitrogen and oxygen atoms in total. The number of anilines is 1. The summed E-state index contributed by atoms with van der Waals surface area (Å²) in [7, 11) is 0. The molecule has 0 spiro atoms. The Hall–Kier alpha value is -4.40. The third-order valence-corrected chi connectivity index (χ3v) is 6.64. The first-order valence-corrected chi connectivity index (χ1v) is 12.1.